The minimum atomic E-state index is -0.196. The summed E-state index contributed by atoms with van der Waals surface area (Å²) in [4.78, 5) is 12.1. The van der Waals surface area contributed by atoms with Gasteiger partial charge in [0.2, 0.25) is 0 Å². The molecule has 8 heteroatoms. The average Bonchev–Trinajstić information content (AvgIpc) is 3.21. The highest BCUT2D eigenvalue weighted by atomic mass is 32.2. The van der Waals surface area contributed by atoms with Gasteiger partial charge in [-0.3, -0.25) is 4.79 Å². The van der Waals surface area contributed by atoms with Crippen LogP contribution in [-0.2, 0) is 17.8 Å². The fourth-order valence-electron chi connectivity index (χ4n) is 2.81. The number of aryl methyl sites for hydroxylation is 1. The highest BCUT2D eigenvalue weighted by molar-refractivity contribution is 7.99. The number of nitrogens with zero attached hydrogens (tertiary/aromatic N) is 4. The number of aromatic nitrogens is 3. The van der Waals surface area contributed by atoms with Crippen LogP contribution in [-0.4, -0.2) is 39.7 Å². The van der Waals surface area contributed by atoms with Gasteiger partial charge in [0.15, 0.2) is 11.0 Å². The maximum Gasteiger partial charge on any atom is 0.250 e. The van der Waals surface area contributed by atoms with Crippen LogP contribution < -0.4 is 10.2 Å². The van der Waals surface area contributed by atoms with Crippen molar-refractivity contribution in [1.82, 2.24) is 20.2 Å². The first kappa shape index (κ1) is 21.6. The van der Waals surface area contributed by atoms with Crippen molar-refractivity contribution in [2.45, 2.75) is 32.0 Å². The standard InChI is InChI=1S/C22H25N5O2S/c1-4-16-6-8-17(9-7-16)14-23-24-20(28)15-30-22-26-25-21(27(22)5-2)18-10-12-19(29-3)13-11-18/h6-14H,4-5,15H2,1-3H3,(H,24,28). The number of methoxy groups -OCH3 is 1. The maximum atomic E-state index is 12.1. The van der Waals surface area contributed by atoms with Crippen LogP contribution in [0.15, 0.2) is 58.8 Å². The Balaban J connectivity index is 1.57. The van der Waals surface area contributed by atoms with Crippen molar-refractivity contribution in [3.05, 3.63) is 59.7 Å². The molecular formula is C22H25N5O2S. The summed E-state index contributed by atoms with van der Waals surface area (Å²) in [6.45, 7) is 4.83. The lowest BCUT2D eigenvalue weighted by Gasteiger charge is -2.07. The fourth-order valence-corrected chi connectivity index (χ4v) is 3.61. The van der Waals surface area contributed by atoms with Crippen molar-refractivity contribution in [3.8, 4) is 17.1 Å². The molecule has 0 bridgehead atoms. The van der Waals surface area contributed by atoms with E-state index >= 15 is 0 Å². The molecule has 3 rings (SSSR count). The number of benzene rings is 2. The Bertz CT molecular complexity index is 997. The summed E-state index contributed by atoms with van der Waals surface area (Å²) in [5.41, 5.74) is 5.71. The number of nitrogens with one attached hydrogen (secondary N) is 1. The van der Waals surface area contributed by atoms with Crippen LogP contribution in [0.25, 0.3) is 11.4 Å². The van der Waals surface area contributed by atoms with Crippen LogP contribution in [0.5, 0.6) is 5.75 Å². The molecule has 30 heavy (non-hydrogen) atoms. The van der Waals surface area contributed by atoms with Gasteiger partial charge >= 0.3 is 0 Å². The Morgan fingerprint density at radius 1 is 1.13 bits per heavy atom. The highest BCUT2D eigenvalue weighted by Crippen LogP contribution is 2.25. The van der Waals surface area contributed by atoms with E-state index in [-0.39, 0.29) is 11.7 Å². The molecule has 0 radical (unpaired) electrons. The van der Waals surface area contributed by atoms with Crippen LogP contribution in [0.4, 0.5) is 0 Å². The normalized spacial score (nSPS) is 11.0. The number of carbonyl (C=O) groups excluding carboxylic acids is 1. The number of thioether (sulfide) groups is 1. The van der Waals surface area contributed by atoms with Crippen molar-refractivity contribution >= 4 is 23.9 Å². The first-order valence-corrected chi connectivity index (χ1v) is 10.7. The fraction of sp³-hybridized carbons (Fsp3) is 0.273. The van der Waals surface area contributed by atoms with Crippen molar-refractivity contribution in [1.29, 1.82) is 0 Å². The molecular weight excluding hydrogens is 398 g/mol. The second-order valence-electron chi connectivity index (χ2n) is 6.46. The van der Waals surface area contributed by atoms with Gasteiger partial charge in [-0.25, -0.2) is 5.43 Å². The first-order chi connectivity index (χ1) is 14.6. The van der Waals surface area contributed by atoms with E-state index in [1.165, 1.54) is 17.3 Å². The highest BCUT2D eigenvalue weighted by Gasteiger charge is 2.14. The molecule has 1 N–H and O–H groups in total. The van der Waals surface area contributed by atoms with Crippen molar-refractivity contribution < 1.29 is 9.53 Å². The van der Waals surface area contributed by atoms with Gasteiger partial charge in [-0.05, 0) is 48.7 Å². The van der Waals surface area contributed by atoms with E-state index in [4.69, 9.17) is 4.74 Å². The summed E-state index contributed by atoms with van der Waals surface area (Å²) in [7, 11) is 1.63. The Morgan fingerprint density at radius 3 is 2.50 bits per heavy atom. The minimum absolute atomic E-state index is 0.196. The molecule has 0 aliphatic carbocycles. The van der Waals surface area contributed by atoms with Crippen LogP contribution in [0.2, 0.25) is 0 Å². The number of ether oxygens (including phenoxy) is 1. The van der Waals surface area contributed by atoms with E-state index in [0.717, 1.165) is 29.1 Å². The smallest absolute Gasteiger partial charge is 0.250 e. The lowest BCUT2D eigenvalue weighted by atomic mass is 10.1. The number of carbonyl (C=O) groups is 1. The molecule has 3 aromatic rings. The van der Waals surface area contributed by atoms with E-state index in [1.54, 1.807) is 13.3 Å². The van der Waals surface area contributed by atoms with Crippen molar-refractivity contribution in [2.24, 2.45) is 5.10 Å². The summed E-state index contributed by atoms with van der Waals surface area (Å²) in [5, 5.41) is 13.3. The number of hydrazone groups is 1. The monoisotopic (exact) mass is 423 g/mol. The van der Waals surface area contributed by atoms with Gasteiger partial charge in [0, 0.05) is 12.1 Å². The van der Waals surface area contributed by atoms with Crippen LogP contribution in [0.1, 0.15) is 25.0 Å². The summed E-state index contributed by atoms with van der Waals surface area (Å²) in [6.07, 6.45) is 2.63. The van der Waals surface area contributed by atoms with E-state index in [0.29, 0.717) is 11.7 Å². The predicted octanol–water partition coefficient (Wildman–Crippen LogP) is 3.78. The van der Waals surface area contributed by atoms with Crippen molar-refractivity contribution in [3.63, 3.8) is 0 Å². The van der Waals surface area contributed by atoms with Gasteiger partial charge in [-0.15, -0.1) is 10.2 Å². The molecule has 0 saturated heterocycles. The second kappa shape index (κ2) is 10.6. The van der Waals surface area contributed by atoms with E-state index in [2.05, 4.69) is 39.8 Å². The largest absolute Gasteiger partial charge is 0.497 e. The van der Waals surface area contributed by atoms with Gasteiger partial charge in [-0.1, -0.05) is 43.0 Å². The number of hydrogen-bond acceptors (Lipinski definition) is 6. The number of rotatable bonds is 9. The van der Waals surface area contributed by atoms with E-state index < -0.39 is 0 Å². The zero-order valence-corrected chi connectivity index (χ0v) is 18.1. The Hall–Kier alpha value is -3.13. The van der Waals surface area contributed by atoms with Gasteiger partial charge < -0.3 is 9.30 Å². The molecule has 0 spiro atoms. The van der Waals surface area contributed by atoms with Gasteiger partial charge in [0.25, 0.3) is 5.91 Å². The molecule has 0 fully saturated rings. The number of hydrogen-bond donors (Lipinski definition) is 1. The third-order valence-corrected chi connectivity index (χ3v) is 5.47. The van der Waals surface area contributed by atoms with Crippen LogP contribution in [0.3, 0.4) is 0 Å². The summed E-state index contributed by atoms with van der Waals surface area (Å²) in [6, 6.07) is 15.7. The summed E-state index contributed by atoms with van der Waals surface area (Å²) >= 11 is 1.33. The molecule has 1 amide bonds. The zero-order valence-electron chi connectivity index (χ0n) is 17.3. The summed E-state index contributed by atoms with van der Waals surface area (Å²) < 4.78 is 7.18. The Labute approximate surface area is 180 Å². The lowest BCUT2D eigenvalue weighted by molar-refractivity contribution is -0.118. The quantitative estimate of drug-likeness (QED) is 0.322. The Morgan fingerprint density at radius 2 is 1.87 bits per heavy atom. The molecule has 0 unspecified atom stereocenters. The molecule has 156 valence electrons. The van der Waals surface area contributed by atoms with Gasteiger partial charge in [0.05, 0.1) is 19.1 Å². The molecule has 2 aromatic carbocycles. The first-order valence-electron chi connectivity index (χ1n) is 9.75. The molecule has 0 aliphatic rings. The number of amides is 1. The lowest BCUT2D eigenvalue weighted by Crippen LogP contribution is -2.20. The van der Waals surface area contributed by atoms with E-state index in [9.17, 15) is 4.79 Å². The predicted molar refractivity (Wildman–Crippen MR) is 120 cm³/mol. The third-order valence-electron chi connectivity index (χ3n) is 4.50. The van der Waals surface area contributed by atoms with Crippen LogP contribution in [0, 0.1) is 0 Å². The molecule has 0 saturated carbocycles. The Kier molecular flexibility index (Phi) is 7.62. The molecule has 0 atom stereocenters. The van der Waals surface area contributed by atoms with Crippen molar-refractivity contribution in [2.75, 3.05) is 12.9 Å². The minimum Gasteiger partial charge on any atom is -0.497 e. The van der Waals surface area contributed by atoms with Crippen LogP contribution >= 0.6 is 11.8 Å². The maximum absolute atomic E-state index is 12.1. The molecule has 0 aliphatic heterocycles. The average molecular weight is 424 g/mol. The molecule has 1 aromatic heterocycles. The third kappa shape index (κ3) is 5.48. The van der Waals surface area contributed by atoms with E-state index in [1.807, 2.05) is 47.9 Å². The van der Waals surface area contributed by atoms with Gasteiger partial charge in [-0.2, -0.15) is 5.10 Å². The molecule has 1 heterocycles. The SMILES string of the molecule is CCc1ccc(C=NNC(=O)CSc2nnc(-c3ccc(OC)cc3)n2CC)cc1. The summed E-state index contributed by atoms with van der Waals surface area (Å²) in [5.74, 6) is 1.55. The topological polar surface area (TPSA) is 81.4 Å². The molecule has 7 nitrogen and oxygen atoms in total. The second-order valence-corrected chi connectivity index (χ2v) is 7.40. The van der Waals surface area contributed by atoms with Gasteiger partial charge in [0.1, 0.15) is 5.75 Å². The zero-order chi connectivity index (χ0) is 21.3.